The number of aromatic nitrogens is 1. The third-order valence-electron chi connectivity index (χ3n) is 5.59. The summed E-state index contributed by atoms with van der Waals surface area (Å²) in [5.74, 6) is 1.37. The summed E-state index contributed by atoms with van der Waals surface area (Å²) in [4.78, 5) is 18.9. The molecular weight excluding hydrogens is 318 g/mol. The molecule has 0 aromatic carbocycles. The van der Waals surface area contributed by atoms with Crippen LogP contribution in [0.3, 0.4) is 0 Å². The fourth-order valence-corrected chi connectivity index (χ4v) is 4.25. The predicted octanol–water partition coefficient (Wildman–Crippen LogP) is 2.56. The molecule has 0 radical (unpaired) electrons. The van der Waals surface area contributed by atoms with Gasteiger partial charge >= 0.3 is 6.03 Å². The third kappa shape index (κ3) is 4.24. The monoisotopic (exact) mass is 347 g/mol. The molecule has 1 aromatic heterocycles. The molecular formula is C19H29N3O3. The molecule has 1 aromatic rings. The van der Waals surface area contributed by atoms with Crippen LogP contribution in [-0.4, -0.2) is 46.8 Å². The van der Waals surface area contributed by atoms with Gasteiger partial charge in [-0.15, -0.1) is 0 Å². The van der Waals surface area contributed by atoms with Gasteiger partial charge in [0.1, 0.15) is 0 Å². The quantitative estimate of drug-likeness (QED) is 0.878. The van der Waals surface area contributed by atoms with Gasteiger partial charge in [-0.25, -0.2) is 9.78 Å². The van der Waals surface area contributed by atoms with E-state index in [1.54, 1.807) is 13.2 Å². The van der Waals surface area contributed by atoms with Gasteiger partial charge in [-0.05, 0) is 44.1 Å². The predicted molar refractivity (Wildman–Crippen MR) is 95.3 cm³/mol. The van der Waals surface area contributed by atoms with Crippen molar-refractivity contribution in [3.63, 3.8) is 0 Å². The molecule has 2 amide bonds. The molecule has 4 unspecified atom stereocenters. The zero-order valence-electron chi connectivity index (χ0n) is 15.1. The largest absolute Gasteiger partial charge is 0.481 e. The summed E-state index contributed by atoms with van der Waals surface area (Å²) in [5, 5.41) is 13.4. The van der Waals surface area contributed by atoms with Crippen molar-refractivity contribution in [3.05, 3.63) is 23.9 Å². The normalized spacial score (nSPS) is 29.5. The van der Waals surface area contributed by atoms with Gasteiger partial charge in [-0.1, -0.05) is 13.0 Å². The highest BCUT2D eigenvalue weighted by atomic mass is 16.5. The summed E-state index contributed by atoms with van der Waals surface area (Å²) in [6.07, 6.45) is 4.65. The van der Waals surface area contributed by atoms with Crippen LogP contribution in [0.25, 0.3) is 0 Å². The molecule has 1 aliphatic heterocycles. The fraction of sp³-hybridized carbons (Fsp3) is 0.684. The van der Waals surface area contributed by atoms with Crippen LogP contribution in [0.5, 0.6) is 5.88 Å². The van der Waals surface area contributed by atoms with Crippen molar-refractivity contribution in [3.8, 4) is 5.88 Å². The van der Waals surface area contributed by atoms with Gasteiger partial charge in [0.05, 0.1) is 25.5 Å². The first-order valence-electron chi connectivity index (χ1n) is 9.31. The fourth-order valence-electron chi connectivity index (χ4n) is 4.25. The molecule has 1 aliphatic carbocycles. The van der Waals surface area contributed by atoms with E-state index in [4.69, 9.17) is 4.74 Å². The van der Waals surface area contributed by atoms with E-state index >= 15 is 0 Å². The smallest absolute Gasteiger partial charge is 0.317 e. The molecule has 6 heteroatoms. The van der Waals surface area contributed by atoms with Crippen LogP contribution in [0.4, 0.5) is 4.79 Å². The number of carbonyl (C=O) groups excluding carboxylic acids is 1. The van der Waals surface area contributed by atoms with Gasteiger partial charge in [0.25, 0.3) is 0 Å². The molecule has 6 nitrogen and oxygen atoms in total. The summed E-state index contributed by atoms with van der Waals surface area (Å²) in [7, 11) is 1.58. The lowest BCUT2D eigenvalue weighted by Gasteiger charge is -2.39. The number of ether oxygens (including phenoxy) is 1. The Morgan fingerprint density at radius 2 is 2.24 bits per heavy atom. The molecule has 25 heavy (non-hydrogen) atoms. The van der Waals surface area contributed by atoms with E-state index < -0.39 is 0 Å². The van der Waals surface area contributed by atoms with E-state index in [2.05, 4.69) is 17.2 Å². The first-order valence-corrected chi connectivity index (χ1v) is 9.31. The topological polar surface area (TPSA) is 74.7 Å². The second-order valence-electron chi connectivity index (χ2n) is 7.38. The lowest BCUT2D eigenvalue weighted by atomic mass is 9.76. The Labute approximate surface area is 149 Å². The van der Waals surface area contributed by atoms with E-state index in [-0.39, 0.29) is 24.1 Å². The Bertz CT molecular complexity index is 595. The molecule has 2 N–H and O–H groups in total. The molecule has 3 rings (SSSR count). The summed E-state index contributed by atoms with van der Waals surface area (Å²) in [6, 6.07) is 5.62. The van der Waals surface area contributed by atoms with E-state index in [1.807, 2.05) is 17.0 Å². The zero-order valence-corrected chi connectivity index (χ0v) is 15.1. The highest BCUT2D eigenvalue weighted by molar-refractivity contribution is 5.74. The molecule has 0 spiro atoms. The van der Waals surface area contributed by atoms with Crippen molar-refractivity contribution in [2.75, 3.05) is 13.7 Å². The number of nitrogens with one attached hydrogen (secondary N) is 1. The number of amides is 2. The Morgan fingerprint density at radius 1 is 1.40 bits per heavy atom. The van der Waals surface area contributed by atoms with Crippen LogP contribution < -0.4 is 10.1 Å². The first-order chi connectivity index (χ1) is 12.1. The molecule has 0 bridgehead atoms. The molecule has 4 atom stereocenters. The Hall–Kier alpha value is -1.82. The average Bonchev–Trinajstić information content (AvgIpc) is 3.11. The Kier molecular flexibility index (Phi) is 5.78. The highest BCUT2D eigenvalue weighted by Gasteiger charge is 2.40. The number of hydrogen-bond acceptors (Lipinski definition) is 4. The molecule has 1 saturated heterocycles. The van der Waals surface area contributed by atoms with Crippen LogP contribution in [0, 0.1) is 11.8 Å². The van der Waals surface area contributed by atoms with E-state index in [1.165, 1.54) is 0 Å². The minimum absolute atomic E-state index is 0.0578. The lowest BCUT2D eigenvalue weighted by molar-refractivity contribution is 0.0153. The maximum absolute atomic E-state index is 12.7. The van der Waals surface area contributed by atoms with E-state index in [9.17, 15) is 9.90 Å². The Morgan fingerprint density at radius 3 is 3.04 bits per heavy atom. The highest BCUT2D eigenvalue weighted by Crippen LogP contribution is 2.37. The number of likely N-dealkylation sites (tertiary alicyclic amines) is 1. The van der Waals surface area contributed by atoms with Gasteiger partial charge in [-0.3, -0.25) is 0 Å². The molecule has 138 valence electrons. The van der Waals surface area contributed by atoms with Crippen molar-refractivity contribution >= 4 is 6.03 Å². The van der Waals surface area contributed by atoms with Gasteiger partial charge in [0.2, 0.25) is 5.88 Å². The zero-order chi connectivity index (χ0) is 17.8. The molecule has 1 saturated carbocycles. The Balaban J connectivity index is 1.60. The number of rotatable bonds is 4. The number of methoxy groups -OCH3 is 1. The average molecular weight is 347 g/mol. The minimum atomic E-state index is -0.283. The number of carbonyl (C=O) groups is 1. The van der Waals surface area contributed by atoms with Crippen LogP contribution in [-0.2, 0) is 6.54 Å². The van der Waals surface area contributed by atoms with Crippen LogP contribution in [0.1, 0.15) is 44.7 Å². The van der Waals surface area contributed by atoms with Crippen LogP contribution in [0.2, 0.25) is 0 Å². The minimum Gasteiger partial charge on any atom is -0.481 e. The SMILES string of the molecule is COc1cccc(CNC(=O)N2CCCC2C2CC(C)CCC2O)n1. The van der Waals surface area contributed by atoms with Gasteiger partial charge in [0, 0.05) is 24.6 Å². The molecule has 2 fully saturated rings. The number of aliphatic hydroxyl groups excluding tert-OH is 1. The van der Waals surface area contributed by atoms with Crippen molar-refractivity contribution < 1.29 is 14.6 Å². The van der Waals surface area contributed by atoms with E-state index in [0.29, 0.717) is 18.3 Å². The number of hydrogen-bond donors (Lipinski definition) is 2. The number of urea groups is 1. The number of aliphatic hydroxyl groups is 1. The van der Waals surface area contributed by atoms with Gasteiger partial charge < -0.3 is 20.1 Å². The lowest BCUT2D eigenvalue weighted by Crippen LogP contribution is -2.49. The maximum atomic E-state index is 12.7. The van der Waals surface area contributed by atoms with Crippen LogP contribution >= 0.6 is 0 Å². The van der Waals surface area contributed by atoms with Gasteiger partial charge in [0.15, 0.2) is 0 Å². The van der Waals surface area contributed by atoms with E-state index in [0.717, 1.165) is 44.3 Å². The summed E-state index contributed by atoms with van der Waals surface area (Å²) in [5.41, 5.74) is 0.773. The standard InChI is InChI=1S/C19H29N3O3/c1-13-8-9-17(23)15(11-13)16-6-4-10-22(16)19(24)20-12-14-5-3-7-18(21-14)25-2/h3,5,7,13,15-17,23H,4,6,8-12H2,1-2H3,(H,20,24). The first kappa shape index (κ1) is 18.0. The van der Waals surface area contributed by atoms with Crippen molar-refractivity contribution in [2.24, 2.45) is 11.8 Å². The summed E-state index contributed by atoms with van der Waals surface area (Å²) < 4.78 is 5.12. The van der Waals surface area contributed by atoms with Crippen molar-refractivity contribution in [1.82, 2.24) is 15.2 Å². The van der Waals surface area contributed by atoms with Crippen LogP contribution in [0.15, 0.2) is 18.2 Å². The van der Waals surface area contributed by atoms with Gasteiger partial charge in [-0.2, -0.15) is 0 Å². The molecule has 2 heterocycles. The summed E-state index contributed by atoms with van der Waals surface area (Å²) >= 11 is 0. The van der Waals surface area contributed by atoms with Crippen molar-refractivity contribution in [1.29, 1.82) is 0 Å². The molecule has 2 aliphatic rings. The van der Waals surface area contributed by atoms with Crippen molar-refractivity contribution in [2.45, 2.75) is 57.7 Å². The second-order valence-corrected chi connectivity index (χ2v) is 7.38. The number of nitrogens with zero attached hydrogens (tertiary/aromatic N) is 2. The maximum Gasteiger partial charge on any atom is 0.317 e. The second kappa shape index (κ2) is 8.04. The third-order valence-corrected chi connectivity index (χ3v) is 5.59. The number of pyridine rings is 1. The summed E-state index contributed by atoms with van der Waals surface area (Å²) in [6.45, 7) is 3.38.